The average molecular weight is 195 g/mol. The van der Waals surface area contributed by atoms with Crippen LogP contribution in [-0.4, -0.2) is 18.9 Å². The van der Waals surface area contributed by atoms with Crippen molar-refractivity contribution in [2.24, 2.45) is 11.8 Å². The Morgan fingerprint density at radius 1 is 1.21 bits per heavy atom. The molecule has 2 fully saturated rings. The first-order valence-electron chi connectivity index (χ1n) is 6.09. The lowest BCUT2D eigenvalue weighted by Gasteiger charge is -2.28. The average Bonchev–Trinajstić information content (AvgIpc) is 2.23. The summed E-state index contributed by atoms with van der Waals surface area (Å²) < 4.78 is 0. The molecular weight excluding hydrogens is 174 g/mol. The summed E-state index contributed by atoms with van der Waals surface area (Å²) >= 11 is 0. The number of nitrogens with one attached hydrogen (secondary N) is 1. The molecule has 14 heavy (non-hydrogen) atoms. The van der Waals surface area contributed by atoms with Gasteiger partial charge in [0.2, 0.25) is 0 Å². The van der Waals surface area contributed by atoms with Crippen LogP contribution in [-0.2, 0) is 4.79 Å². The van der Waals surface area contributed by atoms with Crippen LogP contribution >= 0.6 is 0 Å². The zero-order valence-electron chi connectivity index (χ0n) is 8.93. The normalized spacial score (nSPS) is 30.6. The molecule has 80 valence electrons. The fourth-order valence-corrected chi connectivity index (χ4v) is 2.85. The molecule has 0 aromatic heterocycles. The van der Waals surface area contributed by atoms with Crippen molar-refractivity contribution in [3.05, 3.63) is 0 Å². The van der Waals surface area contributed by atoms with E-state index in [0.29, 0.717) is 11.7 Å². The Balaban J connectivity index is 1.79. The van der Waals surface area contributed by atoms with Gasteiger partial charge in [-0.05, 0) is 12.3 Å². The monoisotopic (exact) mass is 195 g/mol. The molecule has 1 saturated heterocycles. The molecule has 2 rings (SSSR count). The Hall–Kier alpha value is -0.370. The SMILES string of the molecule is O=C1CCNCC1CC1CCCCC1. The van der Waals surface area contributed by atoms with Gasteiger partial charge in [-0.2, -0.15) is 0 Å². The Morgan fingerprint density at radius 3 is 2.71 bits per heavy atom. The highest BCUT2D eigenvalue weighted by atomic mass is 16.1. The van der Waals surface area contributed by atoms with Crippen molar-refractivity contribution in [2.75, 3.05) is 13.1 Å². The number of piperidine rings is 1. The van der Waals surface area contributed by atoms with Crippen molar-refractivity contribution in [1.82, 2.24) is 5.32 Å². The van der Waals surface area contributed by atoms with Crippen LogP contribution in [0.15, 0.2) is 0 Å². The second kappa shape index (κ2) is 4.92. The Kier molecular flexibility index (Phi) is 3.57. The van der Waals surface area contributed by atoms with E-state index in [1.54, 1.807) is 0 Å². The lowest BCUT2D eigenvalue weighted by Crippen LogP contribution is -2.38. The predicted molar refractivity (Wildman–Crippen MR) is 57.2 cm³/mol. The van der Waals surface area contributed by atoms with Gasteiger partial charge in [0.05, 0.1) is 0 Å². The standard InChI is InChI=1S/C12H21NO/c14-12-6-7-13-9-11(12)8-10-4-2-1-3-5-10/h10-11,13H,1-9H2. The lowest BCUT2D eigenvalue weighted by atomic mass is 9.80. The third-order valence-corrected chi connectivity index (χ3v) is 3.74. The van der Waals surface area contributed by atoms with Crippen LogP contribution in [0.2, 0.25) is 0 Å². The Bertz CT molecular complexity index is 196. The fraction of sp³-hybridized carbons (Fsp3) is 0.917. The number of Topliss-reactive ketones (excluding diaryl/α,β-unsaturated/α-hetero) is 1. The molecule has 1 unspecified atom stereocenters. The molecule has 1 saturated carbocycles. The summed E-state index contributed by atoms with van der Waals surface area (Å²) in [4.78, 5) is 11.6. The van der Waals surface area contributed by atoms with Crippen molar-refractivity contribution < 1.29 is 4.79 Å². The maximum absolute atomic E-state index is 11.6. The molecule has 1 N–H and O–H groups in total. The molecule has 1 aliphatic heterocycles. The van der Waals surface area contributed by atoms with Crippen molar-refractivity contribution in [1.29, 1.82) is 0 Å². The number of hydrogen-bond acceptors (Lipinski definition) is 2. The largest absolute Gasteiger partial charge is 0.316 e. The minimum absolute atomic E-state index is 0.340. The van der Waals surface area contributed by atoms with Crippen molar-refractivity contribution in [3.63, 3.8) is 0 Å². The van der Waals surface area contributed by atoms with Crippen molar-refractivity contribution >= 4 is 5.78 Å². The quantitative estimate of drug-likeness (QED) is 0.731. The first-order chi connectivity index (χ1) is 6.86. The van der Waals surface area contributed by atoms with Crippen molar-refractivity contribution in [2.45, 2.75) is 44.9 Å². The minimum atomic E-state index is 0.340. The highest BCUT2D eigenvalue weighted by Crippen LogP contribution is 2.29. The zero-order valence-corrected chi connectivity index (χ0v) is 8.93. The van der Waals surface area contributed by atoms with E-state index in [1.807, 2.05) is 0 Å². The van der Waals surface area contributed by atoms with E-state index in [1.165, 1.54) is 32.1 Å². The van der Waals surface area contributed by atoms with Gasteiger partial charge in [-0.1, -0.05) is 32.1 Å². The Labute approximate surface area is 86.5 Å². The van der Waals surface area contributed by atoms with Gasteiger partial charge in [-0.3, -0.25) is 4.79 Å². The molecule has 1 atom stereocenters. The van der Waals surface area contributed by atoms with Gasteiger partial charge in [0.15, 0.2) is 0 Å². The molecule has 0 amide bonds. The number of carbonyl (C=O) groups is 1. The maximum Gasteiger partial charge on any atom is 0.138 e. The van der Waals surface area contributed by atoms with Crippen LogP contribution < -0.4 is 5.32 Å². The molecular formula is C12H21NO. The number of hydrogen-bond donors (Lipinski definition) is 1. The fourth-order valence-electron chi connectivity index (χ4n) is 2.85. The summed E-state index contributed by atoms with van der Waals surface area (Å²) in [6.07, 6.45) is 8.84. The van der Waals surface area contributed by atoms with Crippen molar-refractivity contribution in [3.8, 4) is 0 Å². The molecule has 0 spiro atoms. The van der Waals surface area contributed by atoms with Gasteiger partial charge < -0.3 is 5.32 Å². The predicted octanol–water partition coefficient (Wildman–Crippen LogP) is 2.14. The number of ketones is 1. The molecule has 2 heteroatoms. The van der Waals surface area contributed by atoms with E-state index in [4.69, 9.17) is 0 Å². The first kappa shape index (κ1) is 10.2. The Morgan fingerprint density at radius 2 is 2.00 bits per heavy atom. The van der Waals surface area contributed by atoms with Gasteiger partial charge in [0, 0.05) is 25.4 Å². The number of rotatable bonds is 2. The van der Waals surface area contributed by atoms with Crippen LogP contribution in [0.5, 0.6) is 0 Å². The van der Waals surface area contributed by atoms with Crippen LogP contribution in [0.25, 0.3) is 0 Å². The smallest absolute Gasteiger partial charge is 0.138 e. The van der Waals surface area contributed by atoms with Crippen LogP contribution in [0.3, 0.4) is 0 Å². The van der Waals surface area contributed by atoms with E-state index in [0.717, 1.165) is 31.8 Å². The third-order valence-electron chi connectivity index (χ3n) is 3.74. The zero-order chi connectivity index (χ0) is 9.80. The van der Waals surface area contributed by atoms with Gasteiger partial charge in [0.1, 0.15) is 5.78 Å². The summed E-state index contributed by atoms with van der Waals surface area (Å²) in [6, 6.07) is 0. The number of carbonyl (C=O) groups excluding carboxylic acids is 1. The second-order valence-electron chi connectivity index (χ2n) is 4.86. The summed E-state index contributed by atoms with van der Waals surface area (Å²) in [5, 5.41) is 3.33. The van der Waals surface area contributed by atoms with E-state index in [2.05, 4.69) is 5.32 Å². The van der Waals surface area contributed by atoms with E-state index in [-0.39, 0.29) is 0 Å². The maximum atomic E-state index is 11.6. The molecule has 0 radical (unpaired) electrons. The van der Waals surface area contributed by atoms with E-state index < -0.39 is 0 Å². The van der Waals surface area contributed by atoms with E-state index >= 15 is 0 Å². The van der Waals surface area contributed by atoms with Crippen LogP contribution in [0, 0.1) is 11.8 Å². The topological polar surface area (TPSA) is 29.1 Å². The molecule has 2 nitrogen and oxygen atoms in total. The molecule has 0 bridgehead atoms. The summed E-state index contributed by atoms with van der Waals surface area (Å²) in [7, 11) is 0. The van der Waals surface area contributed by atoms with Crippen LogP contribution in [0.1, 0.15) is 44.9 Å². The van der Waals surface area contributed by atoms with Gasteiger partial charge >= 0.3 is 0 Å². The summed E-state index contributed by atoms with van der Waals surface area (Å²) in [5.41, 5.74) is 0. The lowest BCUT2D eigenvalue weighted by molar-refractivity contribution is -0.124. The molecule has 1 aliphatic carbocycles. The van der Waals surface area contributed by atoms with Gasteiger partial charge in [-0.25, -0.2) is 0 Å². The van der Waals surface area contributed by atoms with Crippen LogP contribution in [0.4, 0.5) is 0 Å². The van der Waals surface area contributed by atoms with Gasteiger partial charge in [0.25, 0.3) is 0 Å². The minimum Gasteiger partial charge on any atom is -0.316 e. The summed E-state index contributed by atoms with van der Waals surface area (Å²) in [6.45, 7) is 1.84. The third kappa shape index (κ3) is 2.57. The highest BCUT2D eigenvalue weighted by Gasteiger charge is 2.25. The first-order valence-corrected chi connectivity index (χ1v) is 6.09. The highest BCUT2D eigenvalue weighted by molar-refractivity contribution is 5.82. The second-order valence-corrected chi connectivity index (χ2v) is 4.86. The summed E-state index contributed by atoms with van der Waals surface area (Å²) in [5.74, 6) is 1.69. The molecule has 2 aliphatic rings. The van der Waals surface area contributed by atoms with E-state index in [9.17, 15) is 4.79 Å². The molecule has 0 aromatic rings. The molecule has 1 heterocycles. The molecule has 0 aromatic carbocycles. The van der Waals surface area contributed by atoms with Gasteiger partial charge in [-0.15, -0.1) is 0 Å².